The summed E-state index contributed by atoms with van der Waals surface area (Å²) in [6.07, 6.45) is -4.74. The summed E-state index contributed by atoms with van der Waals surface area (Å²) in [5.41, 5.74) is 1.00. The van der Waals surface area contributed by atoms with Crippen LogP contribution in [-0.2, 0) is 21.0 Å². The van der Waals surface area contributed by atoms with Crippen molar-refractivity contribution in [3.63, 3.8) is 0 Å². The van der Waals surface area contributed by atoms with E-state index >= 15 is 0 Å². The highest BCUT2D eigenvalue weighted by Gasteiger charge is 2.33. The molecule has 0 heterocycles. The van der Waals surface area contributed by atoms with E-state index in [4.69, 9.17) is 0 Å². The number of nitrogens with zero attached hydrogens (tertiary/aromatic N) is 3. The number of amides is 1. The molecule has 0 spiro atoms. The van der Waals surface area contributed by atoms with Crippen LogP contribution in [0, 0.1) is 10.1 Å². The molecule has 0 bridgehead atoms. The molecule has 0 atom stereocenters. The van der Waals surface area contributed by atoms with Crippen molar-refractivity contribution in [1.29, 1.82) is 0 Å². The Labute approximate surface area is 204 Å². The van der Waals surface area contributed by atoms with Crippen molar-refractivity contribution in [2.75, 3.05) is 10.8 Å². The number of nitrogens with one attached hydrogen (secondary N) is 1. The van der Waals surface area contributed by atoms with Crippen LogP contribution in [0.15, 0.2) is 88.9 Å². The van der Waals surface area contributed by atoms with Gasteiger partial charge in [0.2, 0.25) is 0 Å². The predicted molar refractivity (Wildman–Crippen MR) is 126 cm³/mol. The molecule has 0 saturated carbocycles. The van der Waals surface area contributed by atoms with Gasteiger partial charge in [-0.25, -0.2) is 13.8 Å². The van der Waals surface area contributed by atoms with Crippen LogP contribution in [0.5, 0.6) is 0 Å². The van der Waals surface area contributed by atoms with E-state index in [1.165, 1.54) is 55.5 Å². The van der Waals surface area contributed by atoms with Gasteiger partial charge in [0.1, 0.15) is 6.54 Å². The molecule has 0 aromatic heterocycles. The molecule has 0 aliphatic heterocycles. The third-order valence-corrected chi connectivity index (χ3v) is 6.69. The number of hydrogen-bond acceptors (Lipinski definition) is 6. The molecular weight excluding hydrogens is 501 g/mol. The highest BCUT2D eigenvalue weighted by atomic mass is 32.2. The molecular formula is C23H19F3N4O5S. The molecule has 3 aromatic rings. The second-order valence-electron chi connectivity index (χ2n) is 7.41. The molecule has 9 nitrogen and oxygen atoms in total. The van der Waals surface area contributed by atoms with Crippen LogP contribution in [0.1, 0.15) is 18.1 Å². The van der Waals surface area contributed by atoms with Gasteiger partial charge in [0, 0.05) is 17.7 Å². The average molecular weight is 520 g/mol. The zero-order chi connectivity index (χ0) is 26.5. The largest absolute Gasteiger partial charge is 0.416 e. The Hall–Kier alpha value is -4.26. The molecule has 0 unspecified atom stereocenters. The Bertz CT molecular complexity index is 1410. The number of alkyl halides is 3. The van der Waals surface area contributed by atoms with E-state index in [-0.39, 0.29) is 22.0 Å². The summed E-state index contributed by atoms with van der Waals surface area (Å²) in [5.74, 6) is -0.948. The quantitative estimate of drug-likeness (QED) is 0.269. The van der Waals surface area contributed by atoms with Gasteiger partial charge < -0.3 is 0 Å². The molecule has 36 heavy (non-hydrogen) atoms. The van der Waals surface area contributed by atoms with E-state index in [1.807, 2.05) is 0 Å². The Balaban J connectivity index is 1.92. The minimum atomic E-state index is -4.74. The zero-order valence-corrected chi connectivity index (χ0v) is 19.5. The van der Waals surface area contributed by atoms with E-state index in [9.17, 15) is 36.5 Å². The lowest BCUT2D eigenvalue weighted by Gasteiger charge is -2.24. The summed E-state index contributed by atoms with van der Waals surface area (Å²) in [7, 11) is -4.44. The Morgan fingerprint density at radius 2 is 1.69 bits per heavy atom. The number of rotatable bonds is 8. The average Bonchev–Trinajstić information content (AvgIpc) is 2.85. The van der Waals surface area contributed by atoms with E-state index in [0.29, 0.717) is 15.9 Å². The van der Waals surface area contributed by atoms with Crippen molar-refractivity contribution in [3.8, 4) is 0 Å². The first-order chi connectivity index (χ1) is 16.9. The molecule has 0 fully saturated rings. The van der Waals surface area contributed by atoms with Crippen molar-refractivity contribution in [2.45, 2.75) is 18.0 Å². The van der Waals surface area contributed by atoms with Crippen molar-refractivity contribution in [2.24, 2.45) is 5.10 Å². The van der Waals surface area contributed by atoms with Crippen LogP contribution in [-0.4, -0.2) is 31.5 Å². The molecule has 0 saturated heterocycles. The van der Waals surface area contributed by atoms with Crippen LogP contribution >= 0.6 is 0 Å². The van der Waals surface area contributed by atoms with Crippen LogP contribution in [0.25, 0.3) is 0 Å². The number of nitro groups is 1. The first-order valence-corrected chi connectivity index (χ1v) is 11.7. The molecule has 13 heteroatoms. The van der Waals surface area contributed by atoms with Crippen molar-refractivity contribution in [1.82, 2.24) is 5.43 Å². The monoisotopic (exact) mass is 520 g/mol. The first kappa shape index (κ1) is 26.3. The van der Waals surface area contributed by atoms with Gasteiger partial charge in [-0.15, -0.1) is 0 Å². The lowest BCUT2D eigenvalue weighted by atomic mass is 10.1. The fourth-order valence-electron chi connectivity index (χ4n) is 3.09. The van der Waals surface area contributed by atoms with Gasteiger partial charge in [-0.2, -0.15) is 18.3 Å². The molecule has 0 aliphatic carbocycles. The number of non-ortho nitro benzene ring substituents is 1. The zero-order valence-electron chi connectivity index (χ0n) is 18.6. The number of anilines is 1. The highest BCUT2D eigenvalue weighted by Crippen LogP contribution is 2.33. The molecule has 0 radical (unpaired) electrons. The third-order valence-electron chi connectivity index (χ3n) is 4.90. The maximum absolute atomic E-state index is 13.3. The number of benzene rings is 3. The number of hydrogen-bond donors (Lipinski definition) is 1. The van der Waals surface area contributed by atoms with E-state index < -0.39 is 39.1 Å². The number of sulfonamides is 1. The van der Waals surface area contributed by atoms with Gasteiger partial charge in [-0.1, -0.05) is 36.4 Å². The number of nitro benzene ring substituents is 1. The third kappa shape index (κ3) is 6.24. The summed E-state index contributed by atoms with van der Waals surface area (Å²) in [4.78, 5) is 22.8. The van der Waals surface area contributed by atoms with Crippen LogP contribution < -0.4 is 9.73 Å². The molecule has 0 aliphatic rings. The van der Waals surface area contributed by atoms with Gasteiger partial charge in [-0.05, 0) is 37.3 Å². The van der Waals surface area contributed by atoms with Gasteiger partial charge in [0.05, 0.1) is 26.8 Å². The Kier molecular flexibility index (Phi) is 7.73. The SMILES string of the molecule is C/C(=N/NC(=O)CN(c1cccc(C(F)(F)F)c1)S(=O)(=O)c1ccccc1)c1cccc([N+](=O)[O-])c1. The molecule has 1 N–H and O–H groups in total. The van der Waals surface area contributed by atoms with E-state index in [0.717, 1.165) is 18.2 Å². The summed E-state index contributed by atoms with van der Waals surface area (Å²) in [5, 5.41) is 14.8. The number of carbonyl (C=O) groups is 1. The second-order valence-corrected chi connectivity index (χ2v) is 9.27. The van der Waals surface area contributed by atoms with Crippen LogP contribution in [0.2, 0.25) is 0 Å². The maximum Gasteiger partial charge on any atom is 0.416 e. The Morgan fingerprint density at radius 3 is 2.33 bits per heavy atom. The van der Waals surface area contributed by atoms with Crippen LogP contribution in [0.4, 0.5) is 24.5 Å². The lowest BCUT2D eigenvalue weighted by molar-refractivity contribution is -0.384. The standard InChI is InChI=1S/C23H19F3N4O5S/c1-16(17-7-5-10-20(13-17)30(32)33)27-28-22(31)15-29(36(34,35)21-11-3-2-4-12-21)19-9-6-8-18(14-19)23(24,25)26/h2-14H,15H2,1H3,(H,28,31)/b27-16-. The second kappa shape index (κ2) is 10.6. The number of carbonyl (C=O) groups excluding carboxylic acids is 1. The Morgan fingerprint density at radius 1 is 1.03 bits per heavy atom. The van der Waals surface area contributed by atoms with Gasteiger partial charge in [0.25, 0.3) is 21.6 Å². The topological polar surface area (TPSA) is 122 Å². The normalized spacial score (nSPS) is 12.2. The van der Waals surface area contributed by atoms with Gasteiger partial charge in [-0.3, -0.25) is 19.2 Å². The number of halogens is 3. The van der Waals surface area contributed by atoms with Crippen molar-refractivity contribution in [3.05, 3.63) is 100 Å². The van der Waals surface area contributed by atoms with Crippen LogP contribution in [0.3, 0.4) is 0 Å². The predicted octanol–water partition coefficient (Wildman–Crippen LogP) is 4.35. The highest BCUT2D eigenvalue weighted by molar-refractivity contribution is 7.92. The molecule has 3 rings (SSSR count). The molecule has 188 valence electrons. The van der Waals surface area contributed by atoms with Gasteiger partial charge >= 0.3 is 6.18 Å². The summed E-state index contributed by atoms with van der Waals surface area (Å²) in [6.45, 7) is 0.578. The first-order valence-electron chi connectivity index (χ1n) is 10.2. The maximum atomic E-state index is 13.3. The lowest BCUT2D eigenvalue weighted by Crippen LogP contribution is -2.39. The fraction of sp³-hybridized carbons (Fsp3) is 0.130. The smallest absolute Gasteiger partial charge is 0.271 e. The number of hydrazone groups is 1. The molecule has 1 amide bonds. The minimum Gasteiger partial charge on any atom is -0.271 e. The van der Waals surface area contributed by atoms with Gasteiger partial charge in [0.15, 0.2) is 0 Å². The van der Waals surface area contributed by atoms with E-state index in [2.05, 4.69) is 10.5 Å². The van der Waals surface area contributed by atoms with E-state index in [1.54, 1.807) is 6.07 Å². The summed E-state index contributed by atoms with van der Waals surface area (Å²) >= 11 is 0. The van der Waals surface area contributed by atoms with Crippen molar-refractivity contribution >= 4 is 33.0 Å². The molecule has 3 aromatic carbocycles. The van der Waals surface area contributed by atoms with Crippen molar-refractivity contribution < 1.29 is 31.3 Å². The fourth-order valence-corrected chi connectivity index (χ4v) is 4.53. The summed E-state index contributed by atoms with van der Waals surface area (Å²) < 4.78 is 66.8. The summed E-state index contributed by atoms with van der Waals surface area (Å²) in [6, 6.07) is 16.0. The minimum absolute atomic E-state index is 0.184.